The molecule has 2 unspecified atom stereocenters. The number of anilines is 1. The number of rotatable bonds is 5. The van der Waals surface area contributed by atoms with Crippen LogP contribution in [0, 0.1) is 5.92 Å². The second-order valence-corrected chi connectivity index (χ2v) is 4.43. The lowest BCUT2D eigenvalue weighted by atomic mass is 10.0. The van der Waals surface area contributed by atoms with Gasteiger partial charge in [-0.15, -0.1) is 0 Å². The number of nitrogens with two attached hydrogens (primary N) is 1. The maximum absolute atomic E-state index is 11.6. The number of aliphatic carboxylic acids is 1. The lowest BCUT2D eigenvalue weighted by molar-refractivity contribution is -0.142. The molecule has 102 valence electrons. The minimum absolute atomic E-state index is 0.331. The largest absolute Gasteiger partial charge is 0.481 e. The molecule has 0 aliphatic heterocycles. The molecular formula is C14H18N2O3. The Balaban J connectivity index is 2.58. The normalized spacial score (nSPS) is 14.0. The quantitative estimate of drug-likeness (QED) is 0.554. The summed E-state index contributed by atoms with van der Waals surface area (Å²) >= 11 is 0. The molecule has 0 bridgehead atoms. The summed E-state index contributed by atoms with van der Waals surface area (Å²) in [6.07, 6.45) is 2.99. The number of carbonyl (C=O) groups excluding carboxylic acids is 1. The lowest BCUT2D eigenvalue weighted by Gasteiger charge is -2.16. The molecular weight excluding hydrogens is 244 g/mol. The molecule has 4 N–H and O–H groups in total. The number of carboxylic acids is 1. The van der Waals surface area contributed by atoms with Crippen LogP contribution in [0.2, 0.25) is 0 Å². The van der Waals surface area contributed by atoms with E-state index in [4.69, 9.17) is 10.8 Å². The van der Waals surface area contributed by atoms with Gasteiger partial charge in [0.05, 0.1) is 5.92 Å². The zero-order valence-corrected chi connectivity index (χ0v) is 11.0. The highest BCUT2D eigenvalue weighted by Gasteiger charge is 2.19. The highest BCUT2D eigenvalue weighted by molar-refractivity contribution is 5.92. The summed E-state index contributed by atoms with van der Waals surface area (Å²) in [5, 5.41) is 11.4. The van der Waals surface area contributed by atoms with Crippen LogP contribution in [0.5, 0.6) is 0 Å². The van der Waals surface area contributed by atoms with Crippen LogP contribution in [-0.2, 0) is 9.59 Å². The SMILES string of the molecule is CC(NC(=O)/C=C/c1cccc(N)c1)C(C)C(=O)O. The van der Waals surface area contributed by atoms with Crippen LogP contribution in [0.4, 0.5) is 5.69 Å². The number of nitrogen functional groups attached to an aromatic ring is 1. The van der Waals surface area contributed by atoms with Crippen LogP contribution in [0.3, 0.4) is 0 Å². The number of benzene rings is 1. The first-order valence-corrected chi connectivity index (χ1v) is 5.97. The molecule has 1 aromatic carbocycles. The first-order chi connectivity index (χ1) is 8.90. The molecule has 0 saturated carbocycles. The van der Waals surface area contributed by atoms with Gasteiger partial charge in [-0.1, -0.05) is 12.1 Å². The van der Waals surface area contributed by atoms with Crippen molar-refractivity contribution in [2.45, 2.75) is 19.9 Å². The molecule has 0 spiro atoms. The van der Waals surface area contributed by atoms with E-state index in [1.807, 2.05) is 6.07 Å². The second-order valence-electron chi connectivity index (χ2n) is 4.43. The second kappa shape index (κ2) is 6.58. The van der Waals surface area contributed by atoms with Crippen LogP contribution in [0.1, 0.15) is 19.4 Å². The van der Waals surface area contributed by atoms with E-state index in [1.165, 1.54) is 6.08 Å². The Kier molecular flexibility index (Phi) is 5.11. The Hall–Kier alpha value is -2.30. The molecule has 1 amide bonds. The van der Waals surface area contributed by atoms with Crippen molar-refractivity contribution < 1.29 is 14.7 Å². The first-order valence-electron chi connectivity index (χ1n) is 5.97. The average molecular weight is 262 g/mol. The first kappa shape index (κ1) is 14.8. The molecule has 0 fully saturated rings. The third-order valence-corrected chi connectivity index (χ3v) is 2.85. The van der Waals surface area contributed by atoms with E-state index < -0.39 is 17.9 Å². The summed E-state index contributed by atoms with van der Waals surface area (Å²) in [5.74, 6) is -1.90. The Morgan fingerprint density at radius 2 is 2.05 bits per heavy atom. The third kappa shape index (κ3) is 4.83. The van der Waals surface area contributed by atoms with Crippen molar-refractivity contribution >= 4 is 23.6 Å². The number of carboxylic acid groups (broad SMARTS) is 1. The number of carbonyl (C=O) groups is 2. The van der Waals surface area contributed by atoms with Crippen molar-refractivity contribution in [2.24, 2.45) is 5.92 Å². The molecule has 0 aliphatic rings. The molecule has 0 saturated heterocycles. The van der Waals surface area contributed by atoms with Crippen molar-refractivity contribution in [3.63, 3.8) is 0 Å². The summed E-state index contributed by atoms with van der Waals surface area (Å²) in [6.45, 7) is 3.21. The van der Waals surface area contributed by atoms with Crippen LogP contribution in [-0.4, -0.2) is 23.0 Å². The van der Waals surface area contributed by atoms with E-state index >= 15 is 0 Å². The fourth-order valence-electron chi connectivity index (χ4n) is 1.45. The summed E-state index contributed by atoms with van der Waals surface area (Å²) in [5.41, 5.74) is 7.05. The maximum atomic E-state index is 11.6. The zero-order chi connectivity index (χ0) is 14.4. The van der Waals surface area contributed by atoms with Gasteiger partial charge in [0.1, 0.15) is 0 Å². The van der Waals surface area contributed by atoms with Crippen LogP contribution in [0.25, 0.3) is 6.08 Å². The highest BCUT2D eigenvalue weighted by atomic mass is 16.4. The zero-order valence-electron chi connectivity index (χ0n) is 11.0. The predicted molar refractivity (Wildman–Crippen MR) is 74.3 cm³/mol. The van der Waals surface area contributed by atoms with Gasteiger partial charge in [0.15, 0.2) is 0 Å². The molecule has 1 rings (SSSR count). The van der Waals surface area contributed by atoms with E-state index in [1.54, 1.807) is 38.1 Å². The van der Waals surface area contributed by atoms with Gasteiger partial charge >= 0.3 is 5.97 Å². The summed E-state index contributed by atoms with van der Waals surface area (Å²) in [4.78, 5) is 22.4. The molecule has 2 atom stereocenters. The third-order valence-electron chi connectivity index (χ3n) is 2.85. The van der Waals surface area contributed by atoms with Gasteiger partial charge in [0.25, 0.3) is 0 Å². The standard InChI is InChI=1S/C14H18N2O3/c1-9(14(18)19)10(2)16-13(17)7-6-11-4-3-5-12(15)8-11/h3-10H,15H2,1-2H3,(H,16,17)(H,18,19)/b7-6+. The Morgan fingerprint density at radius 3 is 2.63 bits per heavy atom. The minimum atomic E-state index is -0.937. The van der Waals surface area contributed by atoms with E-state index in [2.05, 4.69) is 5.32 Å². The Bertz CT molecular complexity index is 497. The van der Waals surface area contributed by atoms with E-state index in [0.29, 0.717) is 5.69 Å². The van der Waals surface area contributed by atoms with Gasteiger partial charge in [-0.2, -0.15) is 0 Å². The van der Waals surface area contributed by atoms with E-state index in [9.17, 15) is 9.59 Å². The molecule has 5 nitrogen and oxygen atoms in total. The monoisotopic (exact) mass is 262 g/mol. The van der Waals surface area contributed by atoms with Crippen LogP contribution < -0.4 is 11.1 Å². The predicted octanol–water partition coefficient (Wildman–Crippen LogP) is 1.51. The van der Waals surface area contributed by atoms with Crippen LogP contribution in [0.15, 0.2) is 30.3 Å². The molecule has 5 heteroatoms. The van der Waals surface area contributed by atoms with E-state index in [0.717, 1.165) is 5.56 Å². The number of nitrogens with one attached hydrogen (secondary N) is 1. The Labute approximate surface area is 112 Å². The van der Waals surface area contributed by atoms with Crippen molar-refractivity contribution in [1.29, 1.82) is 0 Å². The lowest BCUT2D eigenvalue weighted by Crippen LogP contribution is -2.39. The maximum Gasteiger partial charge on any atom is 0.308 e. The fraction of sp³-hybridized carbons (Fsp3) is 0.286. The van der Waals surface area contributed by atoms with Gasteiger partial charge in [0, 0.05) is 17.8 Å². The molecule has 0 aromatic heterocycles. The van der Waals surface area contributed by atoms with E-state index in [-0.39, 0.29) is 5.91 Å². The molecule has 0 radical (unpaired) electrons. The van der Waals surface area contributed by atoms with Crippen LogP contribution >= 0.6 is 0 Å². The number of amides is 1. The van der Waals surface area contributed by atoms with Crippen molar-refractivity contribution in [3.8, 4) is 0 Å². The van der Waals surface area contributed by atoms with Crippen molar-refractivity contribution in [2.75, 3.05) is 5.73 Å². The molecule has 0 aliphatic carbocycles. The summed E-state index contributed by atoms with van der Waals surface area (Å²) in [7, 11) is 0. The minimum Gasteiger partial charge on any atom is -0.481 e. The topological polar surface area (TPSA) is 92.4 Å². The number of hydrogen-bond donors (Lipinski definition) is 3. The van der Waals surface area contributed by atoms with Gasteiger partial charge in [-0.05, 0) is 37.6 Å². The fourth-order valence-corrected chi connectivity index (χ4v) is 1.45. The van der Waals surface area contributed by atoms with Gasteiger partial charge in [0.2, 0.25) is 5.91 Å². The number of hydrogen-bond acceptors (Lipinski definition) is 3. The smallest absolute Gasteiger partial charge is 0.308 e. The molecule has 1 aromatic rings. The summed E-state index contributed by atoms with van der Waals surface area (Å²) < 4.78 is 0. The average Bonchev–Trinajstić information content (AvgIpc) is 2.35. The van der Waals surface area contributed by atoms with Crippen molar-refractivity contribution in [1.82, 2.24) is 5.32 Å². The van der Waals surface area contributed by atoms with Crippen molar-refractivity contribution in [3.05, 3.63) is 35.9 Å². The van der Waals surface area contributed by atoms with Gasteiger partial charge in [-0.3, -0.25) is 9.59 Å². The highest BCUT2D eigenvalue weighted by Crippen LogP contribution is 2.08. The molecule has 19 heavy (non-hydrogen) atoms. The summed E-state index contributed by atoms with van der Waals surface area (Å²) in [6, 6.07) is 6.68. The Morgan fingerprint density at radius 1 is 1.37 bits per heavy atom. The van der Waals surface area contributed by atoms with Gasteiger partial charge in [-0.25, -0.2) is 0 Å². The molecule has 0 heterocycles. The van der Waals surface area contributed by atoms with Gasteiger partial charge < -0.3 is 16.2 Å².